The number of benzene rings is 1. The van der Waals surface area contributed by atoms with Crippen molar-refractivity contribution in [3.63, 3.8) is 0 Å². The second-order valence-electron chi connectivity index (χ2n) is 3.91. The third kappa shape index (κ3) is 3.37. The van der Waals surface area contributed by atoms with E-state index in [0.717, 1.165) is 4.47 Å². The molecule has 0 aliphatic rings. The fourth-order valence-corrected chi connectivity index (χ4v) is 2.13. The Labute approximate surface area is 120 Å². The second-order valence-corrected chi connectivity index (χ2v) is 4.77. The van der Waals surface area contributed by atoms with Gasteiger partial charge in [-0.1, -0.05) is 18.2 Å². The summed E-state index contributed by atoms with van der Waals surface area (Å²) in [5.41, 5.74) is 0.661. The number of hydrogen-bond donors (Lipinski definition) is 1. The summed E-state index contributed by atoms with van der Waals surface area (Å²) >= 11 is 3.34. The fourth-order valence-electron chi connectivity index (χ4n) is 1.71. The summed E-state index contributed by atoms with van der Waals surface area (Å²) in [5.74, 6) is 1.08. The number of ether oxygens (including phenoxy) is 2. The maximum absolute atomic E-state index is 10.4. The summed E-state index contributed by atoms with van der Waals surface area (Å²) in [4.78, 5) is 0. The van der Waals surface area contributed by atoms with Crippen molar-refractivity contribution in [2.75, 3.05) is 20.3 Å². The Morgan fingerprint density at radius 1 is 1.26 bits per heavy atom. The molecular formula is C14H15BrO4. The van der Waals surface area contributed by atoms with E-state index in [9.17, 15) is 5.11 Å². The van der Waals surface area contributed by atoms with Gasteiger partial charge in [0, 0.05) is 12.7 Å². The maximum atomic E-state index is 10.4. The number of furan rings is 1. The van der Waals surface area contributed by atoms with Crippen LogP contribution in [0.25, 0.3) is 0 Å². The molecule has 0 saturated carbocycles. The molecule has 5 heteroatoms. The highest BCUT2D eigenvalue weighted by Crippen LogP contribution is 2.34. The van der Waals surface area contributed by atoms with Crippen molar-refractivity contribution in [1.29, 1.82) is 0 Å². The number of para-hydroxylation sites is 1. The smallest absolute Gasteiger partial charge is 0.151 e. The molecule has 0 aliphatic heterocycles. The number of aliphatic hydroxyl groups excluding tert-OH is 1. The minimum absolute atomic E-state index is 0.430. The van der Waals surface area contributed by atoms with Gasteiger partial charge in [0.2, 0.25) is 0 Å². The molecule has 0 bridgehead atoms. The number of rotatable bonds is 6. The van der Waals surface area contributed by atoms with Crippen LogP contribution >= 0.6 is 15.9 Å². The van der Waals surface area contributed by atoms with Crippen LogP contribution in [0.5, 0.6) is 5.75 Å². The van der Waals surface area contributed by atoms with Crippen LogP contribution in [0.1, 0.15) is 17.4 Å². The van der Waals surface area contributed by atoms with E-state index in [2.05, 4.69) is 15.9 Å². The van der Waals surface area contributed by atoms with Gasteiger partial charge in [-0.15, -0.1) is 0 Å². The van der Waals surface area contributed by atoms with E-state index < -0.39 is 6.10 Å². The van der Waals surface area contributed by atoms with Gasteiger partial charge in [0.05, 0.1) is 17.3 Å². The quantitative estimate of drug-likeness (QED) is 0.828. The Hall–Kier alpha value is -1.30. The highest BCUT2D eigenvalue weighted by atomic mass is 79.9. The summed E-state index contributed by atoms with van der Waals surface area (Å²) in [6, 6.07) is 9.06. The predicted molar refractivity (Wildman–Crippen MR) is 74.3 cm³/mol. The van der Waals surface area contributed by atoms with Crippen LogP contribution in [0.3, 0.4) is 0 Å². The van der Waals surface area contributed by atoms with Crippen LogP contribution in [0.15, 0.2) is 45.5 Å². The number of halogens is 1. The van der Waals surface area contributed by atoms with Crippen LogP contribution in [-0.2, 0) is 4.74 Å². The molecule has 4 nitrogen and oxygen atoms in total. The third-order valence-electron chi connectivity index (χ3n) is 2.65. The maximum Gasteiger partial charge on any atom is 0.151 e. The van der Waals surface area contributed by atoms with Gasteiger partial charge in [-0.2, -0.15) is 0 Å². The topological polar surface area (TPSA) is 51.8 Å². The van der Waals surface area contributed by atoms with Gasteiger partial charge in [0.15, 0.2) is 5.76 Å². The first-order valence-electron chi connectivity index (χ1n) is 5.85. The monoisotopic (exact) mass is 326 g/mol. The van der Waals surface area contributed by atoms with E-state index >= 15 is 0 Å². The van der Waals surface area contributed by atoms with E-state index in [1.165, 1.54) is 6.26 Å². The number of hydrogen-bond acceptors (Lipinski definition) is 4. The predicted octanol–water partition coefficient (Wildman–Crippen LogP) is 3.15. The zero-order valence-corrected chi connectivity index (χ0v) is 12.1. The summed E-state index contributed by atoms with van der Waals surface area (Å²) < 4.78 is 16.5. The first-order valence-corrected chi connectivity index (χ1v) is 6.65. The van der Waals surface area contributed by atoms with Crippen molar-refractivity contribution in [3.8, 4) is 5.75 Å². The Balaban J connectivity index is 2.21. The Bertz CT molecular complexity index is 524. The molecule has 1 aromatic heterocycles. The van der Waals surface area contributed by atoms with Crippen LogP contribution < -0.4 is 4.74 Å². The lowest BCUT2D eigenvalue weighted by Gasteiger charge is -2.15. The normalized spacial score (nSPS) is 12.4. The average molecular weight is 327 g/mol. The first-order chi connectivity index (χ1) is 9.24. The van der Waals surface area contributed by atoms with Gasteiger partial charge >= 0.3 is 0 Å². The van der Waals surface area contributed by atoms with Crippen molar-refractivity contribution in [3.05, 3.63) is 52.4 Å². The molecule has 1 aromatic carbocycles. The molecule has 0 fully saturated rings. The SMILES string of the molecule is COCCOc1ccccc1C(O)c1occc1Br. The summed E-state index contributed by atoms with van der Waals surface area (Å²) in [6.07, 6.45) is 0.653. The van der Waals surface area contributed by atoms with Gasteiger partial charge in [-0.3, -0.25) is 0 Å². The Kier molecular flexibility index (Phi) is 5.01. The van der Waals surface area contributed by atoms with E-state index in [0.29, 0.717) is 30.3 Å². The number of methoxy groups -OCH3 is 1. The molecule has 2 aromatic rings. The Morgan fingerprint density at radius 2 is 2.05 bits per heavy atom. The molecule has 0 spiro atoms. The van der Waals surface area contributed by atoms with Gasteiger partial charge in [0.25, 0.3) is 0 Å². The summed E-state index contributed by atoms with van der Waals surface area (Å²) in [6.45, 7) is 0.925. The molecule has 0 amide bonds. The van der Waals surface area contributed by atoms with Crippen molar-refractivity contribution in [1.82, 2.24) is 0 Å². The molecule has 1 atom stereocenters. The minimum atomic E-state index is -0.872. The minimum Gasteiger partial charge on any atom is -0.491 e. The number of aliphatic hydroxyl groups is 1. The average Bonchev–Trinajstić information content (AvgIpc) is 2.85. The second kappa shape index (κ2) is 6.75. The molecule has 19 heavy (non-hydrogen) atoms. The van der Waals surface area contributed by atoms with Crippen LogP contribution in [-0.4, -0.2) is 25.4 Å². The Morgan fingerprint density at radius 3 is 2.74 bits per heavy atom. The van der Waals surface area contributed by atoms with Crippen LogP contribution in [0.2, 0.25) is 0 Å². The first kappa shape index (κ1) is 14.1. The standard InChI is InChI=1S/C14H15BrO4/c1-17-8-9-18-12-5-3-2-4-10(12)13(16)14-11(15)6-7-19-14/h2-7,13,16H,8-9H2,1H3. The molecule has 0 saturated heterocycles. The van der Waals surface area contributed by atoms with Gasteiger partial charge in [-0.05, 0) is 28.1 Å². The summed E-state index contributed by atoms with van der Waals surface area (Å²) in [7, 11) is 1.62. The fraction of sp³-hybridized carbons (Fsp3) is 0.286. The zero-order chi connectivity index (χ0) is 13.7. The molecule has 1 unspecified atom stereocenters. The third-order valence-corrected chi connectivity index (χ3v) is 3.31. The van der Waals surface area contributed by atoms with Crippen molar-refractivity contribution in [2.45, 2.75) is 6.10 Å². The van der Waals surface area contributed by atoms with Gasteiger partial charge in [-0.25, -0.2) is 0 Å². The lowest BCUT2D eigenvalue weighted by molar-refractivity contribution is 0.140. The lowest BCUT2D eigenvalue weighted by atomic mass is 10.1. The molecule has 1 heterocycles. The van der Waals surface area contributed by atoms with E-state index in [-0.39, 0.29) is 0 Å². The zero-order valence-electron chi connectivity index (χ0n) is 10.5. The summed E-state index contributed by atoms with van der Waals surface area (Å²) in [5, 5.41) is 10.4. The van der Waals surface area contributed by atoms with Gasteiger partial charge in [0.1, 0.15) is 18.5 Å². The van der Waals surface area contributed by atoms with Crippen molar-refractivity contribution >= 4 is 15.9 Å². The van der Waals surface area contributed by atoms with Crippen LogP contribution in [0, 0.1) is 0 Å². The molecular weight excluding hydrogens is 312 g/mol. The van der Waals surface area contributed by atoms with E-state index in [1.807, 2.05) is 24.3 Å². The molecule has 0 aliphatic carbocycles. The molecule has 1 N–H and O–H groups in total. The highest BCUT2D eigenvalue weighted by molar-refractivity contribution is 9.10. The van der Waals surface area contributed by atoms with Crippen LogP contribution in [0.4, 0.5) is 0 Å². The van der Waals surface area contributed by atoms with E-state index in [4.69, 9.17) is 13.9 Å². The largest absolute Gasteiger partial charge is 0.491 e. The highest BCUT2D eigenvalue weighted by Gasteiger charge is 2.20. The van der Waals surface area contributed by atoms with Crippen molar-refractivity contribution < 1.29 is 19.0 Å². The van der Waals surface area contributed by atoms with Gasteiger partial charge < -0.3 is 19.0 Å². The molecule has 102 valence electrons. The van der Waals surface area contributed by atoms with Crippen molar-refractivity contribution in [2.24, 2.45) is 0 Å². The molecule has 0 radical (unpaired) electrons. The molecule has 2 rings (SSSR count). The lowest BCUT2D eigenvalue weighted by Crippen LogP contribution is -2.08. The van der Waals surface area contributed by atoms with E-state index in [1.54, 1.807) is 13.2 Å².